The molecule has 3 N–H and O–H groups in total. The highest BCUT2D eigenvalue weighted by Gasteiger charge is 2.22. The number of ether oxygens (including phenoxy) is 2. The van der Waals surface area contributed by atoms with Crippen molar-refractivity contribution in [2.75, 3.05) is 12.4 Å². The van der Waals surface area contributed by atoms with E-state index in [9.17, 15) is 4.79 Å². The van der Waals surface area contributed by atoms with Gasteiger partial charge in [0.05, 0.1) is 22.2 Å². The minimum atomic E-state index is -0.313. The molecule has 0 radical (unpaired) electrons. The van der Waals surface area contributed by atoms with Gasteiger partial charge in [0.1, 0.15) is 12.4 Å². The van der Waals surface area contributed by atoms with E-state index >= 15 is 0 Å². The molecule has 0 saturated carbocycles. The molecule has 0 aliphatic rings. The molecule has 0 fully saturated rings. The Morgan fingerprint density at radius 2 is 1.97 bits per heavy atom. The average molecular weight is 559 g/mol. The molecule has 4 aromatic rings. The van der Waals surface area contributed by atoms with Gasteiger partial charge in [-0.15, -0.1) is 0 Å². The summed E-state index contributed by atoms with van der Waals surface area (Å²) < 4.78 is 16.2. The van der Waals surface area contributed by atoms with E-state index in [2.05, 4.69) is 37.6 Å². The second-order valence-electron chi connectivity index (χ2n) is 8.19. The lowest BCUT2D eigenvalue weighted by molar-refractivity contribution is 0.0527. The van der Waals surface area contributed by atoms with Crippen molar-refractivity contribution >= 4 is 45.0 Å². The number of nitrogens with one attached hydrogen (secondary N) is 1. The van der Waals surface area contributed by atoms with Crippen molar-refractivity contribution in [2.24, 2.45) is 0 Å². The summed E-state index contributed by atoms with van der Waals surface area (Å²) in [5, 5.41) is 7.67. The summed E-state index contributed by atoms with van der Waals surface area (Å²) in [6, 6.07) is 11.7. The highest BCUT2D eigenvalue weighted by atomic mass is 79.9. The molecule has 35 heavy (non-hydrogen) atoms. The molecule has 8 nitrogen and oxygen atoms in total. The molecule has 2 aromatic heterocycles. The number of aromatic amines is 1. The number of rotatable bonds is 9. The van der Waals surface area contributed by atoms with E-state index in [-0.39, 0.29) is 5.97 Å². The predicted octanol–water partition coefficient (Wildman–Crippen LogP) is 5.90. The van der Waals surface area contributed by atoms with Crippen LogP contribution in [-0.2, 0) is 17.9 Å². The Balaban J connectivity index is 1.62. The minimum absolute atomic E-state index is 0.313. The van der Waals surface area contributed by atoms with Gasteiger partial charge in [0.2, 0.25) is 4.77 Å². The maximum Gasteiger partial charge on any atom is 0.340 e. The van der Waals surface area contributed by atoms with E-state index in [4.69, 9.17) is 27.5 Å². The Labute approximate surface area is 217 Å². The largest absolute Gasteiger partial charge is 0.488 e. The van der Waals surface area contributed by atoms with Gasteiger partial charge in [0, 0.05) is 23.2 Å². The van der Waals surface area contributed by atoms with Crippen LogP contribution < -0.4 is 10.6 Å². The van der Waals surface area contributed by atoms with E-state index in [0.29, 0.717) is 35.1 Å². The number of carbonyl (C=O) groups is 1. The number of unbranched alkanes of at least 4 members (excludes halogenated alkanes) is 1. The smallest absolute Gasteiger partial charge is 0.340 e. The van der Waals surface area contributed by atoms with Crippen molar-refractivity contribution in [3.8, 4) is 17.1 Å². The number of carbonyl (C=O) groups excluding carboxylic acids is 1. The van der Waals surface area contributed by atoms with Crippen molar-refractivity contribution in [1.82, 2.24) is 19.4 Å². The summed E-state index contributed by atoms with van der Waals surface area (Å²) >= 11 is 8.73. The maximum atomic E-state index is 12.8. The lowest BCUT2D eigenvalue weighted by Crippen LogP contribution is -2.09. The number of benzene rings is 2. The van der Waals surface area contributed by atoms with Gasteiger partial charge in [-0.25, -0.2) is 14.6 Å². The number of hydrogen-bond acceptors (Lipinski definition) is 6. The number of fused-ring (bicyclic) bond motifs is 1. The SMILES string of the molecule is CCCCn1c(C)c(C(=O)OCC)c2cc(OCc3ccc(-c4n[nH]c(=S)n4N)cc3)c(Br)cc21. The Morgan fingerprint density at radius 3 is 2.60 bits per heavy atom. The zero-order valence-electron chi connectivity index (χ0n) is 19.9. The Hall–Kier alpha value is -3.11. The van der Waals surface area contributed by atoms with Gasteiger partial charge in [-0.05, 0) is 66.1 Å². The zero-order valence-corrected chi connectivity index (χ0v) is 22.3. The molecular formula is C25H28BrN5O3S. The van der Waals surface area contributed by atoms with Gasteiger partial charge in [-0.2, -0.15) is 5.10 Å². The summed E-state index contributed by atoms with van der Waals surface area (Å²) in [7, 11) is 0. The van der Waals surface area contributed by atoms with Crippen LogP contribution in [0.1, 0.15) is 48.3 Å². The molecule has 0 atom stereocenters. The summed E-state index contributed by atoms with van der Waals surface area (Å²) in [5.41, 5.74) is 4.30. The lowest BCUT2D eigenvalue weighted by atomic mass is 10.1. The first-order valence-electron chi connectivity index (χ1n) is 11.5. The molecule has 0 spiro atoms. The molecule has 2 heterocycles. The van der Waals surface area contributed by atoms with E-state index in [1.54, 1.807) is 0 Å². The Kier molecular flexibility index (Phi) is 7.61. The molecule has 10 heteroatoms. The molecule has 4 rings (SSSR count). The van der Waals surface area contributed by atoms with Gasteiger partial charge in [0.15, 0.2) is 5.82 Å². The van der Waals surface area contributed by atoms with Crippen LogP contribution in [0, 0.1) is 11.7 Å². The van der Waals surface area contributed by atoms with E-state index in [0.717, 1.165) is 51.6 Å². The number of H-pyrrole nitrogens is 1. The van der Waals surface area contributed by atoms with Gasteiger partial charge < -0.3 is 19.9 Å². The van der Waals surface area contributed by atoms with Crippen LogP contribution >= 0.6 is 28.1 Å². The number of aryl methyl sites for hydroxylation is 1. The molecule has 0 amide bonds. The van der Waals surface area contributed by atoms with Crippen LogP contribution in [0.4, 0.5) is 0 Å². The number of nitrogens with zero attached hydrogens (tertiary/aromatic N) is 3. The first kappa shape index (κ1) is 25.0. The molecule has 184 valence electrons. The fraction of sp³-hybridized carbons (Fsp3) is 0.320. The molecule has 0 aliphatic carbocycles. The normalized spacial score (nSPS) is 11.2. The topological polar surface area (TPSA) is 100 Å². The third-order valence-corrected chi connectivity index (χ3v) is 6.81. The van der Waals surface area contributed by atoms with E-state index in [1.165, 1.54) is 4.68 Å². The van der Waals surface area contributed by atoms with Gasteiger partial charge >= 0.3 is 5.97 Å². The predicted molar refractivity (Wildman–Crippen MR) is 143 cm³/mol. The summed E-state index contributed by atoms with van der Waals surface area (Å²) in [6.45, 7) is 7.45. The highest BCUT2D eigenvalue weighted by Crippen LogP contribution is 2.36. The zero-order chi connectivity index (χ0) is 25.1. The third kappa shape index (κ3) is 4.99. The summed E-state index contributed by atoms with van der Waals surface area (Å²) in [6.07, 6.45) is 2.09. The fourth-order valence-electron chi connectivity index (χ4n) is 4.07. The van der Waals surface area contributed by atoms with Crippen LogP contribution in [-0.4, -0.2) is 32.0 Å². The quantitative estimate of drug-likeness (QED) is 0.151. The standard InChI is InChI=1S/C25H28BrN5O3S/c1-4-6-11-30-15(3)22(24(32)33-5-2)18-12-21(19(26)13-20(18)30)34-14-16-7-9-17(10-8-16)23-28-29-25(35)31(23)27/h7-10,12-13H,4-6,11,14,27H2,1-3H3,(H,29,35). The number of esters is 1. The van der Waals surface area contributed by atoms with E-state index < -0.39 is 0 Å². The molecule has 0 bridgehead atoms. The monoisotopic (exact) mass is 557 g/mol. The Bertz CT molecular complexity index is 1420. The minimum Gasteiger partial charge on any atom is -0.488 e. The molecular weight excluding hydrogens is 530 g/mol. The summed E-state index contributed by atoms with van der Waals surface area (Å²) in [4.78, 5) is 12.8. The van der Waals surface area contributed by atoms with Crippen LogP contribution in [0.5, 0.6) is 5.75 Å². The van der Waals surface area contributed by atoms with Crippen LogP contribution in [0.15, 0.2) is 40.9 Å². The third-order valence-electron chi connectivity index (χ3n) is 5.90. The van der Waals surface area contributed by atoms with Crippen molar-refractivity contribution in [3.05, 3.63) is 62.5 Å². The number of nitrogens with two attached hydrogens (primary N) is 1. The van der Waals surface area contributed by atoms with Crippen molar-refractivity contribution in [2.45, 2.75) is 46.8 Å². The number of halogens is 1. The molecule has 0 aliphatic heterocycles. The van der Waals surface area contributed by atoms with Gasteiger partial charge in [-0.3, -0.25) is 0 Å². The summed E-state index contributed by atoms with van der Waals surface area (Å²) in [5.74, 6) is 6.82. The number of nitrogen functional groups attached to an aromatic ring is 1. The van der Waals surface area contributed by atoms with Crippen LogP contribution in [0.3, 0.4) is 0 Å². The highest BCUT2D eigenvalue weighted by molar-refractivity contribution is 9.10. The number of hydrogen-bond donors (Lipinski definition) is 2. The van der Waals surface area contributed by atoms with Crippen molar-refractivity contribution in [1.29, 1.82) is 0 Å². The molecule has 0 saturated heterocycles. The van der Waals surface area contributed by atoms with Gasteiger partial charge in [0.25, 0.3) is 0 Å². The molecule has 2 aromatic carbocycles. The van der Waals surface area contributed by atoms with Crippen molar-refractivity contribution in [3.63, 3.8) is 0 Å². The average Bonchev–Trinajstić information content (AvgIpc) is 3.31. The van der Waals surface area contributed by atoms with Crippen molar-refractivity contribution < 1.29 is 14.3 Å². The molecule has 0 unspecified atom stereocenters. The first-order chi connectivity index (χ1) is 16.8. The van der Waals surface area contributed by atoms with E-state index in [1.807, 2.05) is 50.2 Å². The Morgan fingerprint density at radius 1 is 1.23 bits per heavy atom. The number of aromatic nitrogens is 4. The lowest BCUT2D eigenvalue weighted by Gasteiger charge is -2.11. The van der Waals surface area contributed by atoms with Crippen LogP contribution in [0.25, 0.3) is 22.3 Å². The van der Waals surface area contributed by atoms with Gasteiger partial charge in [-0.1, -0.05) is 37.6 Å². The second kappa shape index (κ2) is 10.7. The second-order valence-corrected chi connectivity index (χ2v) is 9.43. The fourth-order valence-corrected chi connectivity index (χ4v) is 4.65. The first-order valence-corrected chi connectivity index (χ1v) is 12.7. The van der Waals surface area contributed by atoms with Crippen LogP contribution in [0.2, 0.25) is 0 Å². The maximum absolute atomic E-state index is 12.8.